The fraction of sp³-hybridized carbons (Fsp3) is 0.357. The molecule has 1 aliphatic rings. The minimum absolute atomic E-state index is 0.118. The average molecular weight is 247 g/mol. The lowest BCUT2D eigenvalue weighted by Gasteiger charge is -2.30. The van der Waals surface area contributed by atoms with Crippen molar-refractivity contribution in [1.29, 1.82) is 0 Å². The molecule has 4 heteroatoms. The van der Waals surface area contributed by atoms with Gasteiger partial charge >= 0.3 is 5.97 Å². The van der Waals surface area contributed by atoms with Crippen molar-refractivity contribution in [1.82, 2.24) is 5.06 Å². The van der Waals surface area contributed by atoms with Gasteiger partial charge in [-0.25, -0.2) is 4.79 Å². The molecule has 0 N–H and O–H groups in total. The summed E-state index contributed by atoms with van der Waals surface area (Å²) in [5, 5.41) is 1.55. The molecule has 0 saturated carbocycles. The number of carbonyl (C=O) groups is 1. The van der Waals surface area contributed by atoms with E-state index in [2.05, 4.69) is 6.58 Å². The minimum Gasteiger partial charge on any atom is -0.360 e. The fourth-order valence-corrected chi connectivity index (χ4v) is 1.88. The molecule has 0 aliphatic carbocycles. The molecule has 0 unspecified atom stereocenters. The summed E-state index contributed by atoms with van der Waals surface area (Å²) < 4.78 is 5.57. The van der Waals surface area contributed by atoms with Crippen LogP contribution in [0.25, 0.3) is 0 Å². The third-order valence-corrected chi connectivity index (χ3v) is 2.90. The van der Waals surface area contributed by atoms with Crippen LogP contribution in [0.2, 0.25) is 0 Å². The molecule has 1 aromatic carbocycles. The van der Waals surface area contributed by atoms with Crippen LogP contribution in [0.15, 0.2) is 43.0 Å². The highest BCUT2D eigenvalue weighted by Gasteiger charge is 2.42. The van der Waals surface area contributed by atoms with Gasteiger partial charge in [0, 0.05) is 0 Å². The summed E-state index contributed by atoms with van der Waals surface area (Å²) in [5.41, 5.74) is -0.119. The SMILES string of the molecule is C=C[C@@H]1COC(C)(C)N1OC(=O)c1ccccc1. The van der Waals surface area contributed by atoms with Crippen molar-refractivity contribution in [2.75, 3.05) is 6.61 Å². The van der Waals surface area contributed by atoms with Crippen LogP contribution in [-0.2, 0) is 9.57 Å². The van der Waals surface area contributed by atoms with Gasteiger partial charge in [0.2, 0.25) is 0 Å². The molecule has 4 nitrogen and oxygen atoms in total. The van der Waals surface area contributed by atoms with Crippen molar-refractivity contribution < 1.29 is 14.4 Å². The quantitative estimate of drug-likeness (QED) is 0.769. The second-order valence-electron chi connectivity index (χ2n) is 4.63. The topological polar surface area (TPSA) is 38.8 Å². The summed E-state index contributed by atoms with van der Waals surface area (Å²) in [6.07, 6.45) is 1.72. The van der Waals surface area contributed by atoms with Gasteiger partial charge in [0.05, 0.1) is 18.2 Å². The van der Waals surface area contributed by atoms with Gasteiger partial charge in [0.25, 0.3) is 0 Å². The Morgan fingerprint density at radius 1 is 1.50 bits per heavy atom. The van der Waals surface area contributed by atoms with Gasteiger partial charge in [-0.3, -0.25) is 0 Å². The summed E-state index contributed by atoms with van der Waals surface area (Å²) in [5.74, 6) is -0.388. The van der Waals surface area contributed by atoms with Gasteiger partial charge in [0.15, 0.2) is 0 Å². The van der Waals surface area contributed by atoms with Crippen LogP contribution in [0, 0.1) is 0 Å². The summed E-state index contributed by atoms with van der Waals surface area (Å²) in [6, 6.07) is 8.77. The molecular weight excluding hydrogens is 230 g/mol. The number of carbonyl (C=O) groups excluding carboxylic acids is 1. The third-order valence-electron chi connectivity index (χ3n) is 2.90. The van der Waals surface area contributed by atoms with E-state index in [1.807, 2.05) is 19.9 Å². The van der Waals surface area contributed by atoms with Crippen molar-refractivity contribution in [2.24, 2.45) is 0 Å². The van der Waals surface area contributed by atoms with E-state index in [1.165, 1.54) is 0 Å². The summed E-state index contributed by atoms with van der Waals surface area (Å²) in [4.78, 5) is 17.4. The molecule has 0 amide bonds. The second kappa shape index (κ2) is 4.92. The van der Waals surface area contributed by atoms with Gasteiger partial charge in [-0.15, -0.1) is 6.58 Å². The number of nitrogens with zero attached hydrogens (tertiary/aromatic N) is 1. The third kappa shape index (κ3) is 2.44. The average Bonchev–Trinajstić information content (AvgIpc) is 2.66. The number of ether oxygens (including phenoxy) is 1. The second-order valence-corrected chi connectivity index (χ2v) is 4.63. The van der Waals surface area contributed by atoms with E-state index >= 15 is 0 Å². The highest BCUT2D eigenvalue weighted by atomic mass is 16.8. The van der Waals surface area contributed by atoms with Gasteiger partial charge < -0.3 is 9.57 Å². The zero-order valence-corrected chi connectivity index (χ0v) is 10.6. The Labute approximate surface area is 107 Å². The number of rotatable bonds is 3. The van der Waals surface area contributed by atoms with E-state index in [-0.39, 0.29) is 12.0 Å². The predicted octanol–water partition coefficient (Wildman–Crippen LogP) is 2.38. The van der Waals surface area contributed by atoms with Crippen molar-refractivity contribution in [3.05, 3.63) is 48.6 Å². The summed E-state index contributed by atoms with van der Waals surface area (Å²) in [6.45, 7) is 7.91. The van der Waals surface area contributed by atoms with Crippen molar-refractivity contribution in [3.8, 4) is 0 Å². The Balaban J connectivity index is 2.13. The van der Waals surface area contributed by atoms with Crippen molar-refractivity contribution >= 4 is 5.97 Å². The van der Waals surface area contributed by atoms with Gasteiger partial charge in [-0.1, -0.05) is 29.3 Å². The molecule has 2 rings (SSSR count). The molecule has 1 saturated heterocycles. The van der Waals surface area contributed by atoms with Crippen LogP contribution in [-0.4, -0.2) is 29.4 Å². The first-order valence-corrected chi connectivity index (χ1v) is 5.88. The van der Waals surface area contributed by atoms with Crippen LogP contribution in [0.1, 0.15) is 24.2 Å². The normalized spacial score (nSPS) is 22.7. The van der Waals surface area contributed by atoms with Crippen LogP contribution in [0.5, 0.6) is 0 Å². The number of hydroxylamine groups is 2. The lowest BCUT2D eigenvalue weighted by Crippen LogP contribution is -2.44. The molecule has 1 heterocycles. The molecule has 1 aromatic rings. The first kappa shape index (κ1) is 12.8. The zero-order valence-electron chi connectivity index (χ0n) is 10.6. The molecule has 0 spiro atoms. The van der Waals surface area contributed by atoms with E-state index in [9.17, 15) is 4.79 Å². The first-order chi connectivity index (χ1) is 8.54. The number of hydrogen-bond donors (Lipinski definition) is 0. The number of hydrogen-bond acceptors (Lipinski definition) is 4. The van der Waals surface area contributed by atoms with Crippen LogP contribution in [0.4, 0.5) is 0 Å². The smallest absolute Gasteiger partial charge is 0.357 e. The summed E-state index contributed by atoms with van der Waals surface area (Å²) >= 11 is 0. The Morgan fingerprint density at radius 2 is 2.17 bits per heavy atom. The Bertz CT molecular complexity index is 442. The molecule has 0 aromatic heterocycles. The highest BCUT2D eigenvalue weighted by Crippen LogP contribution is 2.28. The maximum absolute atomic E-state index is 12.0. The van der Waals surface area contributed by atoms with E-state index in [4.69, 9.17) is 9.57 Å². The van der Waals surface area contributed by atoms with E-state index < -0.39 is 5.72 Å². The highest BCUT2D eigenvalue weighted by molar-refractivity contribution is 5.89. The maximum Gasteiger partial charge on any atom is 0.357 e. The zero-order chi connectivity index (χ0) is 13.2. The van der Waals surface area contributed by atoms with Gasteiger partial charge in [0.1, 0.15) is 5.72 Å². The van der Waals surface area contributed by atoms with E-state index in [1.54, 1.807) is 35.4 Å². The van der Waals surface area contributed by atoms with Crippen LogP contribution >= 0.6 is 0 Å². The minimum atomic E-state index is -0.636. The van der Waals surface area contributed by atoms with Crippen molar-refractivity contribution in [3.63, 3.8) is 0 Å². The molecule has 1 atom stereocenters. The fourth-order valence-electron chi connectivity index (χ4n) is 1.88. The molecule has 96 valence electrons. The van der Waals surface area contributed by atoms with Crippen molar-refractivity contribution in [2.45, 2.75) is 25.6 Å². The maximum atomic E-state index is 12.0. The molecule has 18 heavy (non-hydrogen) atoms. The molecule has 0 bridgehead atoms. The van der Waals surface area contributed by atoms with E-state index in [0.29, 0.717) is 12.2 Å². The number of benzene rings is 1. The summed E-state index contributed by atoms with van der Waals surface area (Å²) in [7, 11) is 0. The molecular formula is C14H17NO3. The lowest BCUT2D eigenvalue weighted by atomic mass is 10.2. The first-order valence-electron chi connectivity index (χ1n) is 5.88. The Morgan fingerprint density at radius 3 is 2.78 bits per heavy atom. The molecule has 1 aliphatic heterocycles. The largest absolute Gasteiger partial charge is 0.360 e. The lowest BCUT2D eigenvalue weighted by molar-refractivity contribution is -0.214. The monoisotopic (exact) mass is 247 g/mol. The Kier molecular flexibility index (Phi) is 3.50. The van der Waals surface area contributed by atoms with E-state index in [0.717, 1.165) is 0 Å². The Hall–Kier alpha value is -1.65. The standard InChI is InChI=1S/C14H17NO3/c1-4-12-10-17-14(2,3)15(12)18-13(16)11-8-6-5-7-9-11/h4-9,12H,1,10H2,2-3H3/t12-/m1/s1. The van der Waals surface area contributed by atoms with Gasteiger partial charge in [-0.05, 0) is 26.0 Å². The predicted molar refractivity (Wildman–Crippen MR) is 67.7 cm³/mol. The molecule has 0 radical (unpaired) electrons. The van der Waals surface area contributed by atoms with Crippen LogP contribution in [0.3, 0.4) is 0 Å². The van der Waals surface area contributed by atoms with Gasteiger partial charge in [-0.2, -0.15) is 0 Å². The van der Waals surface area contributed by atoms with Crippen LogP contribution < -0.4 is 0 Å². The molecule has 1 fully saturated rings.